The van der Waals surface area contributed by atoms with Gasteiger partial charge in [-0.25, -0.2) is 15.0 Å². The van der Waals surface area contributed by atoms with E-state index < -0.39 is 24.5 Å². The third kappa shape index (κ3) is 3.15. The number of anilines is 1. The van der Waals surface area contributed by atoms with E-state index in [1.54, 1.807) is 4.57 Å². The van der Waals surface area contributed by atoms with E-state index in [1.165, 1.54) is 18.2 Å². The van der Waals surface area contributed by atoms with E-state index >= 15 is 0 Å². The van der Waals surface area contributed by atoms with Gasteiger partial charge in [-0.05, 0) is 18.1 Å². The van der Waals surface area contributed by atoms with Gasteiger partial charge in [0, 0.05) is 6.54 Å². The van der Waals surface area contributed by atoms with Crippen molar-refractivity contribution in [3.63, 3.8) is 0 Å². The number of hydrogen-bond acceptors (Lipinski definition) is 8. The molecule has 1 aliphatic rings. The van der Waals surface area contributed by atoms with Crippen LogP contribution in [-0.2, 0) is 11.3 Å². The Kier molecular flexibility index (Phi) is 4.75. The first-order valence-electron chi connectivity index (χ1n) is 8.68. The van der Waals surface area contributed by atoms with Crippen molar-refractivity contribution in [1.82, 2.24) is 19.5 Å². The standard InChI is InChI=1S/C18H21N5O4/c1-10-4-2-3-5-11(10)6-19-16-13-17(21-8-20-16)23(9-22-13)18-15(26)14(25)12(7-24)27-18/h2-5,8-9,12,14-15,18,24-26H,6-7H2,1H3,(H,19,20,21)/t12-,14?,15?,18-/m1/s1. The van der Waals surface area contributed by atoms with E-state index in [0.717, 1.165) is 5.56 Å². The lowest BCUT2D eigenvalue weighted by Crippen LogP contribution is -2.33. The fourth-order valence-corrected chi connectivity index (χ4v) is 3.26. The highest BCUT2D eigenvalue weighted by Crippen LogP contribution is 2.32. The molecule has 9 heteroatoms. The molecule has 0 aliphatic carbocycles. The summed E-state index contributed by atoms with van der Waals surface area (Å²) < 4.78 is 7.11. The molecule has 0 spiro atoms. The second-order valence-electron chi connectivity index (χ2n) is 6.56. The van der Waals surface area contributed by atoms with Crippen LogP contribution in [0.5, 0.6) is 0 Å². The summed E-state index contributed by atoms with van der Waals surface area (Å²) in [6.45, 7) is 2.24. The van der Waals surface area contributed by atoms with E-state index in [2.05, 4.69) is 20.3 Å². The van der Waals surface area contributed by atoms with Gasteiger partial charge in [0.05, 0.1) is 12.9 Å². The van der Waals surface area contributed by atoms with Gasteiger partial charge < -0.3 is 25.4 Å². The summed E-state index contributed by atoms with van der Waals surface area (Å²) in [5, 5.41) is 32.8. The van der Waals surface area contributed by atoms with E-state index in [1.807, 2.05) is 31.2 Å². The summed E-state index contributed by atoms with van der Waals surface area (Å²) in [5.74, 6) is 0.564. The van der Waals surface area contributed by atoms with Gasteiger partial charge in [0.1, 0.15) is 24.6 Å². The maximum absolute atomic E-state index is 10.2. The number of aryl methyl sites for hydroxylation is 1. The van der Waals surface area contributed by atoms with Crippen LogP contribution < -0.4 is 5.32 Å². The average Bonchev–Trinajstić information content (AvgIpc) is 3.23. The maximum Gasteiger partial charge on any atom is 0.167 e. The Balaban J connectivity index is 1.61. The van der Waals surface area contributed by atoms with Crippen LogP contribution in [0.1, 0.15) is 17.4 Å². The fourth-order valence-electron chi connectivity index (χ4n) is 3.26. The molecule has 4 rings (SSSR count). The molecule has 0 bridgehead atoms. The van der Waals surface area contributed by atoms with Gasteiger partial charge in [-0.15, -0.1) is 0 Å². The van der Waals surface area contributed by atoms with Crippen LogP contribution in [-0.4, -0.2) is 59.8 Å². The van der Waals surface area contributed by atoms with Crippen molar-refractivity contribution in [3.8, 4) is 0 Å². The third-order valence-corrected chi connectivity index (χ3v) is 4.86. The van der Waals surface area contributed by atoms with Crippen LogP contribution in [0, 0.1) is 6.92 Å². The van der Waals surface area contributed by atoms with Gasteiger partial charge in [-0.1, -0.05) is 24.3 Å². The predicted molar refractivity (Wildman–Crippen MR) is 96.8 cm³/mol. The number of nitrogens with zero attached hydrogens (tertiary/aromatic N) is 4. The lowest BCUT2D eigenvalue weighted by atomic mass is 10.1. The van der Waals surface area contributed by atoms with Gasteiger partial charge in [-0.2, -0.15) is 0 Å². The number of aliphatic hydroxyl groups excluding tert-OH is 3. The first kappa shape index (κ1) is 17.8. The van der Waals surface area contributed by atoms with E-state index in [4.69, 9.17) is 4.74 Å². The van der Waals surface area contributed by atoms with E-state index in [-0.39, 0.29) is 6.61 Å². The number of ether oxygens (including phenoxy) is 1. The molecule has 1 aliphatic heterocycles. The van der Waals surface area contributed by atoms with Crippen LogP contribution in [0.3, 0.4) is 0 Å². The van der Waals surface area contributed by atoms with Crippen LogP contribution in [0.15, 0.2) is 36.9 Å². The number of hydrogen-bond donors (Lipinski definition) is 4. The molecule has 0 saturated carbocycles. The average molecular weight is 371 g/mol. The Hall–Kier alpha value is -2.59. The summed E-state index contributed by atoms with van der Waals surface area (Å²) in [6, 6.07) is 8.06. The number of fused-ring (bicyclic) bond motifs is 1. The summed E-state index contributed by atoms with van der Waals surface area (Å²) in [6.07, 6.45) is -1.24. The highest BCUT2D eigenvalue weighted by Gasteiger charge is 2.44. The quantitative estimate of drug-likeness (QED) is 0.507. The SMILES string of the molecule is Cc1ccccc1CNc1ncnc2c1ncn2[C@@H]1O[C@H](CO)C(O)C1O. The highest BCUT2D eigenvalue weighted by molar-refractivity contribution is 5.82. The Bertz CT molecular complexity index is 946. The summed E-state index contributed by atoms with van der Waals surface area (Å²) in [7, 11) is 0. The number of aromatic nitrogens is 4. The zero-order chi connectivity index (χ0) is 19.0. The van der Waals surface area contributed by atoms with Crippen molar-refractivity contribution >= 4 is 17.0 Å². The van der Waals surface area contributed by atoms with Crippen molar-refractivity contribution in [2.75, 3.05) is 11.9 Å². The molecule has 4 atom stereocenters. The first-order chi connectivity index (χ1) is 13.1. The van der Waals surface area contributed by atoms with Crippen LogP contribution in [0.4, 0.5) is 5.82 Å². The Morgan fingerprint density at radius 2 is 1.96 bits per heavy atom. The van der Waals surface area contributed by atoms with E-state index in [0.29, 0.717) is 23.5 Å². The largest absolute Gasteiger partial charge is 0.394 e. The maximum atomic E-state index is 10.2. The number of benzene rings is 1. The Morgan fingerprint density at radius 3 is 2.70 bits per heavy atom. The molecule has 27 heavy (non-hydrogen) atoms. The normalized spacial score (nSPS) is 25.2. The molecular weight excluding hydrogens is 350 g/mol. The number of nitrogens with one attached hydrogen (secondary N) is 1. The molecule has 1 fully saturated rings. The van der Waals surface area contributed by atoms with Gasteiger partial charge in [0.2, 0.25) is 0 Å². The summed E-state index contributed by atoms with van der Waals surface area (Å²) >= 11 is 0. The Labute approximate surface area is 155 Å². The zero-order valence-electron chi connectivity index (χ0n) is 14.7. The molecule has 0 radical (unpaired) electrons. The molecule has 1 aromatic carbocycles. The van der Waals surface area contributed by atoms with Crippen LogP contribution in [0.25, 0.3) is 11.2 Å². The molecule has 0 amide bonds. The van der Waals surface area contributed by atoms with Crippen LogP contribution >= 0.6 is 0 Å². The number of imidazole rings is 1. The van der Waals surface area contributed by atoms with Crippen molar-refractivity contribution < 1.29 is 20.1 Å². The molecule has 142 valence electrons. The van der Waals surface area contributed by atoms with Gasteiger partial charge in [0.25, 0.3) is 0 Å². The van der Waals surface area contributed by atoms with Crippen molar-refractivity contribution in [1.29, 1.82) is 0 Å². The fraction of sp³-hybridized carbons (Fsp3) is 0.389. The topological polar surface area (TPSA) is 126 Å². The summed E-state index contributed by atoms with van der Waals surface area (Å²) in [4.78, 5) is 12.9. The second-order valence-corrected chi connectivity index (χ2v) is 6.56. The zero-order valence-corrected chi connectivity index (χ0v) is 14.7. The van der Waals surface area contributed by atoms with Crippen molar-refractivity contribution in [3.05, 3.63) is 48.0 Å². The molecular formula is C18H21N5O4. The molecule has 1 saturated heterocycles. The minimum atomic E-state index is -1.20. The lowest BCUT2D eigenvalue weighted by molar-refractivity contribution is -0.0511. The molecule has 2 unspecified atom stereocenters. The number of aliphatic hydroxyl groups is 3. The molecule has 9 nitrogen and oxygen atoms in total. The summed E-state index contributed by atoms with van der Waals surface area (Å²) in [5.41, 5.74) is 3.32. The minimum Gasteiger partial charge on any atom is -0.394 e. The van der Waals surface area contributed by atoms with Gasteiger partial charge in [0.15, 0.2) is 23.2 Å². The van der Waals surface area contributed by atoms with Gasteiger partial charge in [-0.3, -0.25) is 4.57 Å². The first-order valence-corrected chi connectivity index (χ1v) is 8.68. The molecule has 2 aromatic heterocycles. The molecule has 3 aromatic rings. The lowest BCUT2D eigenvalue weighted by Gasteiger charge is -2.16. The Morgan fingerprint density at radius 1 is 1.15 bits per heavy atom. The smallest absolute Gasteiger partial charge is 0.167 e. The van der Waals surface area contributed by atoms with Gasteiger partial charge >= 0.3 is 0 Å². The van der Waals surface area contributed by atoms with Crippen molar-refractivity contribution in [2.24, 2.45) is 0 Å². The van der Waals surface area contributed by atoms with Crippen LogP contribution in [0.2, 0.25) is 0 Å². The monoisotopic (exact) mass is 371 g/mol. The minimum absolute atomic E-state index is 0.389. The molecule has 3 heterocycles. The predicted octanol–water partition coefficient (Wildman–Crippen LogP) is 0.358. The third-order valence-electron chi connectivity index (χ3n) is 4.86. The van der Waals surface area contributed by atoms with Crippen molar-refractivity contribution in [2.45, 2.75) is 38.0 Å². The number of rotatable bonds is 5. The molecule has 4 N–H and O–H groups in total. The second kappa shape index (κ2) is 7.20. The highest BCUT2D eigenvalue weighted by atomic mass is 16.6. The van der Waals surface area contributed by atoms with E-state index in [9.17, 15) is 15.3 Å².